The maximum absolute atomic E-state index is 12.7. The van der Waals surface area contributed by atoms with Crippen LogP contribution in [0.25, 0.3) is 0 Å². The Bertz CT molecular complexity index is 807. The van der Waals surface area contributed by atoms with Gasteiger partial charge in [0.1, 0.15) is 12.2 Å². The van der Waals surface area contributed by atoms with Crippen molar-refractivity contribution in [2.24, 2.45) is 11.3 Å². The highest BCUT2D eigenvalue weighted by Crippen LogP contribution is 2.52. The standard InChI is InChI=1S/C23H24O4/c1-23-14-12-16(13-15-23)19(26-21(24)17-8-4-2-5-9-17)20(23)27-22(25)18-10-6-3-7-11-18/h2-11,16,19-20H,12-15H2,1H3. The van der Waals surface area contributed by atoms with E-state index < -0.39 is 12.2 Å². The predicted octanol–water partition coefficient (Wildman–Crippen LogP) is 4.65. The summed E-state index contributed by atoms with van der Waals surface area (Å²) in [6.07, 6.45) is 3.18. The van der Waals surface area contributed by atoms with Crippen molar-refractivity contribution >= 4 is 11.9 Å². The molecule has 0 amide bonds. The zero-order chi connectivity index (χ0) is 18.9. The smallest absolute Gasteiger partial charge is 0.338 e. The summed E-state index contributed by atoms with van der Waals surface area (Å²) in [6.45, 7) is 2.15. The molecule has 3 saturated carbocycles. The molecule has 3 fully saturated rings. The lowest BCUT2D eigenvalue weighted by Crippen LogP contribution is -2.57. The van der Waals surface area contributed by atoms with Gasteiger partial charge in [-0.2, -0.15) is 0 Å². The number of fused-ring (bicyclic) bond motifs is 3. The second kappa shape index (κ2) is 7.18. The lowest BCUT2D eigenvalue weighted by Gasteiger charge is -2.53. The number of carbonyl (C=O) groups is 2. The van der Waals surface area contributed by atoms with Crippen LogP contribution in [-0.2, 0) is 9.47 Å². The molecule has 140 valence electrons. The molecule has 0 N–H and O–H groups in total. The van der Waals surface area contributed by atoms with Crippen LogP contribution in [0, 0.1) is 11.3 Å². The maximum Gasteiger partial charge on any atom is 0.338 e. The van der Waals surface area contributed by atoms with E-state index in [-0.39, 0.29) is 23.3 Å². The number of ether oxygens (including phenoxy) is 2. The van der Waals surface area contributed by atoms with Crippen molar-refractivity contribution in [3.05, 3.63) is 71.8 Å². The number of hydrogen-bond donors (Lipinski definition) is 0. The van der Waals surface area contributed by atoms with Gasteiger partial charge in [-0.15, -0.1) is 0 Å². The van der Waals surface area contributed by atoms with Crippen molar-refractivity contribution in [3.63, 3.8) is 0 Å². The molecule has 0 radical (unpaired) electrons. The average Bonchev–Trinajstić information content (AvgIpc) is 2.71. The highest BCUT2D eigenvalue weighted by Gasteiger charge is 2.54. The third kappa shape index (κ3) is 3.48. The van der Waals surface area contributed by atoms with E-state index >= 15 is 0 Å². The monoisotopic (exact) mass is 364 g/mol. The quantitative estimate of drug-likeness (QED) is 0.741. The van der Waals surface area contributed by atoms with Crippen LogP contribution < -0.4 is 0 Å². The van der Waals surface area contributed by atoms with Crippen molar-refractivity contribution in [3.8, 4) is 0 Å². The SMILES string of the molecule is CC12CCC(CC1)C(OC(=O)c1ccccc1)C2OC(=O)c1ccccc1. The molecular weight excluding hydrogens is 340 g/mol. The van der Waals surface area contributed by atoms with E-state index in [9.17, 15) is 9.59 Å². The van der Waals surface area contributed by atoms with Gasteiger partial charge in [0.25, 0.3) is 0 Å². The van der Waals surface area contributed by atoms with Crippen molar-refractivity contribution in [1.82, 2.24) is 0 Å². The third-order valence-electron chi connectivity index (χ3n) is 6.12. The molecule has 0 spiro atoms. The van der Waals surface area contributed by atoms with Crippen LogP contribution in [0.5, 0.6) is 0 Å². The van der Waals surface area contributed by atoms with Gasteiger partial charge >= 0.3 is 11.9 Å². The summed E-state index contributed by atoms with van der Waals surface area (Å²) < 4.78 is 11.9. The van der Waals surface area contributed by atoms with Gasteiger partial charge in [-0.3, -0.25) is 0 Å². The summed E-state index contributed by atoms with van der Waals surface area (Å²) in [4.78, 5) is 25.3. The number of hydrogen-bond acceptors (Lipinski definition) is 4. The van der Waals surface area contributed by atoms with E-state index in [0.29, 0.717) is 11.1 Å². The van der Waals surface area contributed by atoms with Crippen LogP contribution >= 0.6 is 0 Å². The minimum atomic E-state index is -0.412. The number of benzene rings is 2. The Morgan fingerprint density at radius 1 is 0.815 bits per heavy atom. The van der Waals surface area contributed by atoms with Gasteiger partial charge in [-0.25, -0.2) is 9.59 Å². The Labute approximate surface area is 159 Å². The van der Waals surface area contributed by atoms with E-state index in [2.05, 4.69) is 6.92 Å². The van der Waals surface area contributed by atoms with Crippen molar-refractivity contribution in [1.29, 1.82) is 0 Å². The fourth-order valence-electron chi connectivity index (χ4n) is 4.45. The molecular formula is C23H24O4. The lowest BCUT2D eigenvalue weighted by molar-refractivity contribution is -0.157. The number of carbonyl (C=O) groups excluding carboxylic acids is 2. The van der Waals surface area contributed by atoms with E-state index in [0.717, 1.165) is 25.7 Å². The Hall–Kier alpha value is -2.62. The molecule has 2 aromatic carbocycles. The van der Waals surface area contributed by atoms with Crippen LogP contribution in [0.15, 0.2) is 60.7 Å². The molecule has 3 aliphatic rings. The third-order valence-corrected chi connectivity index (χ3v) is 6.12. The maximum atomic E-state index is 12.7. The molecule has 4 nitrogen and oxygen atoms in total. The summed E-state index contributed by atoms with van der Waals surface area (Å²) in [5.41, 5.74) is 0.897. The molecule has 2 atom stereocenters. The molecule has 0 aromatic heterocycles. The van der Waals surface area contributed by atoms with Gasteiger partial charge in [-0.05, 0) is 55.9 Å². The molecule has 0 saturated heterocycles. The zero-order valence-corrected chi connectivity index (χ0v) is 15.5. The molecule has 0 aliphatic heterocycles. The van der Waals surface area contributed by atoms with Gasteiger partial charge in [0.15, 0.2) is 0 Å². The first kappa shape index (κ1) is 17.8. The molecule has 5 rings (SSSR count). The normalized spacial score (nSPS) is 29.1. The van der Waals surface area contributed by atoms with Gasteiger partial charge in [0.2, 0.25) is 0 Å². The fraction of sp³-hybridized carbons (Fsp3) is 0.391. The highest BCUT2D eigenvalue weighted by atomic mass is 16.6. The van der Waals surface area contributed by atoms with Crippen molar-refractivity contribution in [2.75, 3.05) is 0 Å². The molecule has 0 heterocycles. The minimum Gasteiger partial charge on any atom is -0.455 e. The lowest BCUT2D eigenvalue weighted by atomic mass is 9.58. The highest BCUT2D eigenvalue weighted by molar-refractivity contribution is 5.90. The number of rotatable bonds is 4. The summed E-state index contributed by atoms with van der Waals surface area (Å²) in [6, 6.07) is 18.0. The Morgan fingerprint density at radius 2 is 1.30 bits per heavy atom. The van der Waals surface area contributed by atoms with E-state index in [1.807, 2.05) is 36.4 Å². The summed E-state index contributed by atoms with van der Waals surface area (Å²) in [5, 5.41) is 0. The largest absolute Gasteiger partial charge is 0.455 e. The summed E-state index contributed by atoms with van der Waals surface area (Å²) >= 11 is 0. The number of esters is 2. The molecule has 4 heteroatoms. The van der Waals surface area contributed by atoms with Crippen LogP contribution in [0.1, 0.15) is 53.3 Å². The molecule has 2 bridgehead atoms. The summed E-state index contributed by atoms with van der Waals surface area (Å²) in [5.74, 6) is -0.458. The van der Waals surface area contributed by atoms with Crippen LogP contribution in [0.2, 0.25) is 0 Å². The fourth-order valence-corrected chi connectivity index (χ4v) is 4.45. The van der Waals surface area contributed by atoms with Gasteiger partial charge in [0.05, 0.1) is 11.1 Å². The second-order valence-electron chi connectivity index (χ2n) is 7.92. The molecule has 2 aromatic rings. The molecule has 2 unspecified atom stereocenters. The van der Waals surface area contributed by atoms with Crippen LogP contribution in [-0.4, -0.2) is 24.1 Å². The van der Waals surface area contributed by atoms with Gasteiger partial charge in [-0.1, -0.05) is 43.3 Å². The average molecular weight is 364 g/mol. The minimum absolute atomic E-state index is 0.152. The predicted molar refractivity (Wildman–Crippen MR) is 101 cm³/mol. The zero-order valence-electron chi connectivity index (χ0n) is 15.5. The van der Waals surface area contributed by atoms with E-state index in [4.69, 9.17) is 9.47 Å². The Morgan fingerprint density at radius 3 is 1.81 bits per heavy atom. The van der Waals surface area contributed by atoms with Gasteiger partial charge in [0, 0.05) is 5.41 Å². The van der Waals surface area contributed by atoms with Crippen molar-refractivity contribution in [2.45, 2.75) is 44.8 Å². The van der Waals surface area contributed by atoms with E-state index in [1.165, 1.54) is 0 Å². The molecule has 3 aliphatic carbocycles. The Balaban J connectivity index is 1.56. The molecule has 27 heavy (non-hydrogen) atoms. The second-order valence-corrected chi connectivity index (χ2v) is 7.92. The van der Waals surface area contributed by atoms with E-state index in [1.54, 1.807) is 24.3 Å². The van der Waals surface area contributed by atoms with Crippen LogP contribution in [0.3, 0.4) is 0 Å². The Kier molecular flexibility index (Phi) is 4.73. The topological polar surface area (TPSA) is 52.6 Å². The summed E-state index contributed by atoms with van der Waals surface area (Å²) in [7, 11) is 0. The first-order chi connectivity index (χ1) is 13.1. The first-order valence-corrected chi connectivity index (χ1v) is 9.59. The van der Waals surface area contributed by atoms with Crippen LogP contribution in [0.4, 0.5) is 0 Å². The van der Waals surface area contributed by atoms with Crippen molar-refractivity contribution < 1.29 is 19.1 Å². The van der Waals surface area contributed by atoms with Gasteiger partial charge < -0.3 is 9.47 Å². The first-order valence-electron chi connectivity index (χ1n) is 9.59.